The summed E-state index contributed by atoms with van der Waals surface area (Å²) < 4.78 is 16.1. The average molecular weight is 255 g/mol. The number of methoxy groups -OCH3 is 1. The van der Waals surface area contributed by atoms with Crippen molar-refractivity contribution >= 4 is 5.82 Å². The van der Waals surface area contributed by atoms with Gasteiger partial charge < -0.3 is 19.5 Å². The quantitative estimate of drug-likeness (QED) is 0.678. The van der Waals surface area contributed by atoms with Gasteiger partial charge in [-0.05, 0) is 13.3 Å². The molecular weight excluding hydrogens is 234 g/mol. The van der Waals surface area contributed by atoms with Gasteiger partial charge in [-0.1, -0.05) is 6.92 Å². The molecule has 1 aromatic heterocycles. The molecule has 0 saturated carbocycles. The van der Waals surface area contributed by atoms with Crippen LogP contribution in [0.5, 0.6) is 11.6 Å². The number of nitrogens with one attached hydrogen (secondary N) is 1. The van der Waals surface area contributed by atoms with E-state index in [1.807, 2.05) is 6.92 Å². The van der Waals surface area contributed by atoms with Crippen LogP contribution in [0.2, 0.25) is 0 Å². The zero-order valence-electron chi connectivity index (χ0n) is 11.2. The van der Waals surface area contributed by atoms with Gasteiger partial charge in [0.05, 0.1) is 13.7 Å². The number of ether oxygens (including phenoxy) is 3. The Morgan fingerprint density at radius 2 is 2.00 bits per heavy atom. The third kappa shape index (κ3) is 4.37. The molecule has 1 N–H and O–H groups in total. The van der Waals surface area contributed by atoms with Gasteiger partial charge in [-0.2, -0.15) is 4.98 Å². The fourth-order valence-electron chi connectivity index (χ4n) is 1.38. The maximum atomic E-state index is 5.52. The molecule has 0 bridgehead atoms. The molecule has 0 unspecified atom stereocenters. The summed E-state index contributed by atoms with van der Waals surface area (Å²) in [5.74, 6) is 1.60. The highest BCUT2D eigenvalue weighted by molar-refractivity contribution is 5.54. The smallest absolute Gasteiger partial charge is 0.262 e. The fourth-order valence-corrected chi connectivity index (χ4v) is 1.38. The molecule has 0 fully saturated rings. The lowest BCUT2D eigenvalue weighted by molar-refractivity contribution is 0.0977. The number of hydrogen-bond acceptors (Lipinski definition) is 6. The van der Waals surface area contributed by atoms with Gasteiger partial charge in [-0.25, -0.2) is 4.98 Å². The number of anilines is 1. The second kappa shape index (κ2) is 8.52. The molecule has 1 rings (SSSR count). The van der Waals surface area contributed by atoms with Crippen LogP contribution < -0.4 is 14.8 Å². The van der Waals surface area contributed by atoms with Crippen LogP contribution in [0, 0.1) is 0 Å². The fraction of sp³-hybridized carbons (Fsp3) is 0.667. The van der Waals surface area contributed by atoms with Gasteiger partial charge in [0.2, 0.25) is 5.75 Å². The van der Waals surface area contributed by atoms with Gasteiger partial charge in [-0.15, -0.1) is 0 Å². The van der Waals surface area contributed by atoms with Gasteiger partial charge in [0.25, 0.3) is 5.88 Å². The maximum Gasteiger partial charge on any atom is 0.262 e. The standard InChI is InChI=1S/C12H21N3O3/c1-4-6-17-7-8-18-12-10(16-3)11(13-5-2)14-9-15-12/h9H,4-8H2,1-3H3,(H,13,14,15). The summed E-state index contributed by atoms with van der Waals surface area (Å²) in [5, 5.41) is 3.09. The Labute approximate surface area is 108 Å². The van der Waals surface area contributed by atoms with E-state index in [0.29, 0.717) is 30.7 Å². The van der Waals surface area contributed by atoms with Crippen LogP contribution in [0.15, 0.2) is 6.33 Å². The third-order valence-electron chi connectivity index (χ3n) is 2.13. The van der Waals surface area contributed by atoms with Gasteiger partial charge >= 0.3 is 0 Å². The van der Waals surface area contributed by atoms with Crippen LogP contribution in [-0.4, -0.2) is 43.4 Å². The first-order valence-electron chi connectivity index (χ1n) is 6.16. The first-order valence-corrected chi connectivity index (χ1v) is 6.16. The molecule has 0 aliphatic carbocycles. The zero-order chi connectivity index (χ0) is 13.2. The molecule has 0 atom stereocenters. The van der Waals surface area contributed by atoms with E-state index in [1.54, 1.807) is 7.11 Å². The molecular formula is C12H21N3O3. The summed E-state index contributed by atoms with van der Waals surface area (Å²) in [6, 6.07) is 0. The molecule has 0 amide bonds. The lowest BCUT2D eigenvalue weighted by Gasteiger charge is -2.12. The molecule has 0 aliphatic heterocycles. The monoisotopic (exact) mass is 255 g/mol. The number of hydrogen-bond donors (Lipinski definition) is 1. The molecule has 0 radical (unpaired) electrons. The molecule has 0 aromatic carbocycles. The molecule has 1 heterocycles. The maximum absolute atomic E-state index is 5.52. The second-order valence-electron chi connectivity index (χ2n) is 3.55. The minimum absolute atomic E-state index is 0.434. The van der Waals surface area contributed by atoms with Crippen molar-refractivity contribution in [3.05, 3.63) is 6.33 Å². The Morgan fingerprint density at radius 3 is 2.67 bits per heavy atom. The van der Waals surface area contributed by atoms with Crippen molar-refractivity contribution in [2.75, 3.05) is 38.8 Å². The normalized spacial score (nSPS) is 10.2. The summed E-state index contributed by atoms with van der Waals surface area (Å²) in [7, 11) is 1.57. The van der Waals surface area contributed by atoms with Gasteiger partial charge in [0, 0.05) is 13.2 Å². The first-order chi connectivity index (χ1) is 8.83. The van der Waals surface area contributed by atoms with E-state index >= 15 is 0 Å². The van der Waals surface area contributed by atoms with E-state index in [0.717, 1.165) is 19.6 Å². The topological polar surface area (TPSA) is 65.5 Å². The van der Waals surface area contributed by atoms with E-state index < -0.39 is 0 Å². The van der Waals surface area contributed by atoms with E-state index in [-0.39, 0.29) is 0 Å². The van der Waals surface area contributed by atoms with Crippen LogP contribution in [0.4, 0.5) is 5.82 Å². The minimum Gasteiger partial charge on any atom is -0.489 e. The average Bonchev–Trinajstić information content (AvgIpc) is 2.39. The van der Waals surface area contributed by atoms with Crippen molar-refractivity contribution < 1.29 is 14.2 Å². The number of nitrogens with zero attached hydrogens (tertiary/aromatic N) is 2. The zero-order valence-corrected chi connectivity index (χ0v) is 11.2. The van der Waals surface area contributed by atoms with E-state index in [1.165, 1.54) is 6.33 Å². The molecule has 18 heavy (non-hydrogen) atoms. The minimum atomic E-state index is 0.434. The molecule has 0 saturated heterocycles. The lowest BCUT2D eigenvalue weighted by Crippen LogP contribution is -2.10. The van der Waals surface area contributed by atoms with E-state index in [9.17, 15) is 0 Å². The summed E-state index contributed by atoms with van der Waals surface area (Å²) in [6.45, 7) is 6.54. The van der Waals surface area contributed by atoms with Gasteiger partial charge in [0.1, 0.15) is 12.9 Å². The van der Waals surface area contributed by atoms with Crippen molar-refractivity contribution in [1.29, 1.82) is 0 Å². The van der Waals surface area contributed by atoms with Crippen molar-refractivity contribution in [1.82, 2.24) is 9.97 Å². The third-order valence-corrected chi connectivity index (χ3v) is 2.13. The highest BCUT2D eigenvalue weighted by atomic mass is 16.5. The highest BCUT2D eigenvalue weighted by Crippen LogP contribution is 2.30. The second-order valence-corrected chi connectivity index (χ2v) is 3.55. The molecule has 6 heteroatoms. The lowest BCUT2D eigenvalue weighted by atomic mass is 10.5. The molecule has 1 aromatic rings. The molecule has 102 valence electrons. The summed E-state index contributed by atoms with van der Waals surface area (Å²) >= 11 is 0. The Balaban J connectivity index is 2.55. The van der Waals surface area contributed by atoms with Gasteiger partial charge in [-0.3, -0.25) is 0 Å². The van der Waals surface area contributed by atoms with E-state index in [2.05, 4.69) is 22.2 Å². The van der Waals surface area contributed by atoms with Crippen LogP contribution in [0.25, 0.3) is 0 Å². The number of aromatic nitrogens is 2. The Hall–Kier alpha value is -1.56. The predicted molar refractivity (Wildman–Crippen MR) is 69.4 cm³/mol. The van der Waals surface area contributed by atoms with Gasteiger partial charge in [0.15, 0.2) is 5.82 Å². The number of rotatable bonds is 9. The van der Waals surface area contributed by atoms with Crippen molar-refractivity contribution in [3.8, 4) is 11.6 Å². The van der Waals surface area contributed by atoms with Crippen LogP contribution in [0.3, 0.4) is 0 Å². The highest BCUT2D eigenvalue weighted by Gasteiger charge is 2.12. The van der Waals surface area contributed by atoms with Crippen molar-refractivity contribution in [3.63, 3.8) is 0 Å². The summed E-state index contributed by atoms with van der Waals surface area (Å²) in [4.78, 5) is 8.16. The first kappa shape index (κ1) is 14.5. The van der Waals surface area contributed by atoms with Crippen LogP contribution in [0.1, 0.15) is 20.3 Å². The summed E-state index contributed by atoms with van der Waals surface area (Å²) in [6.07, 6.45) is 2.45. The Bertz CT molecular complexity index is 347. The molecule has 0 spiro atoms. The molecule has 6 nitrogen and oxygen atoms in total. The summed E-state index contributed by atoms with van der Waals surface area (Å²) in [5.41, 5.74) is 0. The molecule has 0 aliphatic rings. The Morgan fingerprint density at radius 1 is 1.17 bits per heavy atom. The van der Waals surface area contributed by atoms with Crippen molar-refractivity contribution in [2.45, 2.75) is 20.3 Å². The SMILES string of the molecule is CCCOCCOc1ncnc(NCC)c1OC. The van der Waals surface area contributed by atoms with E-state index in [4.69, 9.17) is 14.2 Å². The van der Waals surface area contributed by atoms with Crippen LogP contribution in [-0.2, 0) is 4.74 Å². The predicted octanol–water partition coefficient (Wildman–Crippen LogP) is 1.72. The largest absolute Gasteiger partial charge is 0.489 e. The van der Waals surface area contributed by atoms with Crippen LogP contribution >= 0.6 is 0 Å². The van der Waals surface area contributed by atoms with Crippen molar-refractivity contribution in [2.24, 2.45) is 0 Å². The Kier molecular flexibility index (Phi) is 6.86.